The highest BCUT2D eigenvalue weighted by Crippen LogP contribution is 2.15. The van der Waals surface area contributed by atoms with Crippen molar-refractivity contribution in [2.45, 2.75) is 6.92 Å². The first-order valence-corrected chi connectivity index (χ1v) is 4.03. The molecule has 2 rings (SSSR count). The van der Waals surface area contributed by atoms with E-state index in [1.54, 1.807) is 10.8 Å². The lowest BCUT2D eigenvalue weighted by Gasteiger charge is -1.98. The molecule has 0 unspecified atom stereocenters. The Morgan fingerprint density at radius 2 is 2.27 bits per heavy atom. The summed E-state index contributed by atoms with van der Waals surface area (Å²) in [4.78, 5) is 4.04. The summed E-state index contributed by atoms with van der Waals surface area (Å²) in [5.74, 6) is 0. The monoisotopic (exact) mass is 211 g/mol. The average Bonchev–Trinajstić information content (AvgIpc) is 2.45. The van der Waals surface area contributed by atoms with Gasteiger partial charge in [0.15, 0.2) is 5.65 Å². The lowest BCUT2D eigenvalue weighted by Crippen LogP contribution is -1.91. The van der Waals surface area contributed by atoms with Gasteiger partial charge in [-0.25, -0.2) is 9.50 Å². The molecule has 0 aromatic carbocycles. The molecule has 0 saturated carbocycles. The first-order chi connectivity index (χ1) is 5.29. The van der Waals surface area contributed by atoms with Crippen LogP contribution in [-0.2, 0) is 0 Å². The molecule has 0 aliphatic rings. The molecule has 3 nitrogen and oxygen atoms in total. The number of pyridine rings is 1. The molecule has 0 N–H and O–H groups in total. The minimum absolute atomic E-state index is 0.863. The van der Waals surface area contributed by atoms with E-state index in [1.807, 2.05) is 19.1 Å². The first kappa shape index (κ1) is 6.79. The van der Waals surface area contributed by atoms with Crippen LogP contribution in [0.15, 0.2) is 23.1 Å². The summed E-state index contributed by atoms with van der Waals surface area (Å²) >= 11 is 3.42. The van der Waals surface area contributed by atoms with Gasteiger partial charge in [0, 0.05) is 0 Å². The Hall–Kier alpha value is -0.900. The number of hydrogen-bond acceptors (Lipinski definition) is 2. The predicted octanol–water partition coefficient (Wildman–Crippen LogP) is 1.80. The number of hydrogen-bond donors (Lipinski definition) is 0. The number of halogens is 1. The Morgan fingerprint density at radius 1 is 1.45 bits per heavy atom. The van der Waals surface area contributed by atoms with E-state index in [2.05, 4.69) is 26.0 Å². The van der Waals surface area contributed by atoms with E-state index < -0.39 is 0 Å². The number of aromatic nitrogens is 3. The summed E-state index contributed by atoms with van der Waals surface area (Å²) in [6, 6.07) is 3.95. The molecule has 11 heavy (non-hydrogen) atoms. The van der Waals surface area contributed by atoms with Gasteiger partial charge in [-0.3, -0.25) is 0 Å². The van der Waals surface area contributed by atoms with E-state index in [1.165, 1.54) is 0 Å². The van der Waals surface area contributed by atoms with Crippen LogP contribution in [-0.4, -0.2) is 14.6 Å². The van der Waals surface area contributed by atoms with Gasteiger partial charge in [-0.15, -0.1) is 0 Å². The first-order valence-electron chi connectivity index (χ1n) is 3.24. The maximum atomic E-state index is 4.04. The molecule has 0 spiro atoms. The van der Waals surface area contributed by atoms with Gasteiger partial charge in [0.05, 0.1) is 0 Å². The second kappa shape index (κ2) is 2.30. The van der Waals surface area contributed by atoms with Gasteiger partial charge >= 0.3 is 0 Å². The van der Waals surface area contributed by atoms with Gasteiger partial charge in [0.2, 0.25) is 0 Å². The Bertz CT molecular complexity index is 393. The standard InChI is InChI=1S/C7H6BrN3/c1-5-2-3-6-9-4-10-11(6)7(5)8/h2-4H,1H3. The highest BCUT2D eigenvalue weighted by atomic mass is 79.9. The van der Waals surface area contributed by atoms with Crippen LogP contribution < -0.4 is 0 Å². The van der Waals surface area contributed by atoms with Crippen LogP contribution in [0, 0.1) is 6.92 Å². The van der Waals surface area contributed by atoms with E-state index in [0.29, 0.717) is 0 Å². The quantitative estimate of drug-likeness (QED) is 0.623. The Morgan fingerprint density at radius 3 is 3.09 bits per heavy atom. The second-order valence-electron chi connectivity index (χ2n) is 2.34. The summed E-state index contributed by atoms with van der Waals surface area (Å²) in [7, 11) is 0. The van der Waals surface area contributed by atoms with Gasteiger partial charge in [-0.1, -0.05) is 6.07 Å². The zero-order valence-electron chi connectivity index (χ0n) is 5.95. The van der Waals surface area contributed by atoms with Crippen LogP contribution in [0.2, 0.25) is 0 Å². The Kier molecular flexibility index (Phi) is 1.42. The maximum Gasteiger partial charge on any atom is 0.156 e. The second-order valence-corrected chi connectivity index (χ2v) is 3.09. The van der Waals surface area contributed by atoms with E-state index in [9.17, 15) is 0 Å². The van der Waals surface area contributed by atoms with Crippen LogP contribution in [0.5, 0.6) is 0 Å². The minimum atomic E-state index is 0.863. The lowest BCUT2D eigenvalue weighted by molar-refractivity contribution is 0.924. The van der Waals surface area contributed by atoms with Gasteiger partial charge in [0.1, 0.15) is 10.9 Å². The van der Waals surface area contributed by atoms with E-state index in [0.717, 1.165) is 15.8 Å². The van der Waals surface area contributed by atoms with E-state index >= 15 is 0 Å². The highest BCUT2D eigenvalue weighted by Gasteiger charge is 2.00. The third-order valence-electron chi connectivity index (χ3n) is 1.57. The van der Waals surface area contributed by atoms with Crippen molar-refractivity contribution >= 4 is 21.6 Å². The average molecular weight is 212 g/mol. The Labute approximate surface area is 72.2 Å². The smallest absolute Gasteiger partial charge is 0.156 e. The lowest BCUT2D eigenvalue weighted by atomic mass is 10.3. The van der Waals surface area contributed by atoms with Gasteiger partial charge < -0.3 is 0 Å². The molecule has 0 aliphatic heterocycles. The van der Waals surface area contributed by atoms with Crippen molar-refractivity contribution < 1.29 is 0 Å². The van der Waals surface area contributed by atoms with Crippen LogP contribution in [0.3, 0.4) is 0 Å². The number of fused-ring (bicyclic) bond motifs is 1. The molecule has 0 fully saturated rings. The predicted molar refractivity (Wildman–Crippen MR) is 45.4 cm³/mol. The van der Waals surface area contributed by atoms with Crippen molar-refractivity contribution in [3.63, 3.8) is 0 Å². The van der Waals surface area contributed by atoms with Gasteiger partial charge in [-0.2, -0.15) is 5.10 Å². The molecule has 4 heteroatoms. The SMILES string of the molecule is Cc1ccc2ncnn2c1Br. The van der Waals surface area contributed by atoms with Crippen molar-refractivity contribution in [3.8, 4) is 0 Å². The summed E-state index contributed by atoms with van der Waals surface area (Å²) in [5.41, 5.74) is 2.02. The molecule has 0 atom stereocenters. The zero-order valence-corrected chi connectivity index (χ0v) is 7.54. The summed E-state index contributed by atoms with van der Waals surface area (Å²) in [5, 5.41) is 4.04. The van der Waals surface area contributed by atoms with Gasteiger partial charge in [-0.05, 0) is 34.5 Å². The fourth-order valence-corrected chi connectivity index (χ4v) is 1.36. The molecule has 0 radical (unpaired) electrons. The third kappa shape index (κ3) is 0.939. The number of rotatable bonds is 0. The molecule has 2 heterocycles. The molecule has 0 amide bonds. The molecule has 0 saturated heterocycles. The topological polar surface area (TPSA) is 30.2 Å². The third-order valence-corrected chi connectivity index (χ3v) is 2.53. The van der Waals surface area contributed by atoms with E-state index in [4.69, 9.17) is 0 Å². The van der Waals surface area contributed by atoms with Crippen molar-refractivity contribution in [1.29, 1.82) is 0 Å². The zero-order chi connectivity index (χ0) is 7.84. The molecule has 2 aromatic rings. The van der Waals surface area contributed by atoms with Crippen LogP contribution >= 0.6 is 15.9 Å². The van der Waals surface area contributed by atoms with Crippen LogP contribution in [0.1, 0.15) is 5.56 Å². The van der Waals surface area contributed by atoms with Gasteiger partial charge in [0.25, 0.3) is 0 Å². The summed E-state index contributed by atoms with van der Waals surface area (Å²) < 4.78 is 2.72. The Balaban J connectivity index is 2.93. The van der Waals surface area contributed by atoms with Crippen LogP contribution in [0.4, 0.5) is 0 Å². The number of nitrogens with zero attached hydrogens (tertiary/aromatic N) is 3. The molecule has 0 aliphatic carbocycles. The molecule has 56 valence electrons. The fourth-order valence-electron chi connectivity index (χ4n) is 0.951. The minimum Gasteiger partial charge on any atom is -0.215 e. The highest BCUT2D eigenvalue weighted by molar-refractivity contribution is 9.10. The normalized spacial score (nSPS) is 10.7. The molecule has 2 aromatic heterocycles. The summed E-state index contributed by atoms with van der Waals surface area (Å²) in [6.45, 7) is 2.02. The molecule has 0 bridgehead atoms. The van der Waals surface area contributed by atoms with Crippen molar-refractivity contribution in [2.75, 3.05) is 0 Å². The summed E-state index contributed by atoms with van der Waals surface area (Å²) in [6.07, 6.45) is 1.54. The van der Waals surface area contributed by atoms with Crippen molar-refractivity contribution in [1.82, 2.24) is 14.6 Å². The maximum absolute atomic E-state index is 4.04. The molecular formula is C7H6BrN3. The van der Waals surface area contributed by atoms with Crippen molar-refractivity contribution in [2.24, 2.45) is 0 Å². The number of aryl methyl sites for hydroxylation is 1. The van der Waals surface area contributed by atoms with Crippen molar-refractivity contribution in [3.05, 3.63) is 28.6 Å². The molecular weight excluding hydrogens is 206 g/mol. The largest absolute Gasteiger partial charge is 0.215 e. The fraction of sp³-hybridized carbons (Fsp3) is 0.143. The van der Waals surface area contributed by atoms with Crippen LogP contribution in [0.25, 0.3) is 5.65 Å². The van der Waals surface area contributed by atoms with E-state index in [-0.39, 0.29) is 0 Å².